The molecule has 2 aromatic carbocycles. The van der Waals surface area contributed by atoms with Crippen molar-refractivity contribution >= 4 is 11.8 Å². The van der Waals surface area contributed by atoms with Crippen LogP contribution in [0.5, 0.6) is 0 Å². The first-order valence-electron chi connectivity index (χ1n) is 12.2. The van der Waals surface area contributed by atoms with Crippen LogP contribution in [-0.4, -0.2) is 36.5 Å². The lowest BCUT2D eigenvalue weighted by Crippen LogP contribution is -2.50. The lowest BCUT2D eigenvalue weighted by Gasteiger charge is -2.38. The van der Waals surface area contributed by atoms with Crippen LogP contribution in [0, 0.1) is 5.92 Å². The first kappa shape index (κ1) is 26.7. The fourth-order valence-electron chi connectivity index (χ4n) is 4.75. The number of rotatable bonds is 9. The second kappa shape index (κ2) is 12.2. The molecule has 3 rings (SSSR count). The van der Waals surface area contributed by atoms with E-state index >= 15 is 0 Å². The van der Waals surface area contributed by atoms with Crippen LogP contribution < -0.4 is 16.0 Å². The lowest BCUT2D eigenvalue weighted by molar-refractivity contribution is -0.137. The van der Waals surface area contributed by atoms with Crippen molar-refractivity contribution in [2.75, 3.05) is 6.54 Å². The van der Waals surface area contributed by atoms with E-state index in [1.165, 1.54) is 17.7 Å². The van der Waals surface area contributed by atoms with Crippen molar-refractivity contribution in [3.63, 3.8) is 0 Å². The highest BCUT2D eigenvalue weighted by atomic mass is 19.4. The van der Waals surface area contributed by atoms with E-state index in [1.807, 2.05) is 18.2 Å². The van der Waals surface area contributed by atoms with Gasteiger partial charge in [0.1, 0.15) is 0 Å². The molecule has 1 saturated carbocycles. The average Bonchev–Trinajstić information content (AvgIpc) is 2.82. The van der Waals surface area contributed by atoms with Gasteiger partial charge in [0.15, 0.2) is 0 Å². The Labute approximate surface area is 204 Å². The molecule has 1 aliphatic carbocycles. The molecular formula is C27H34F3N3O2. The molecule has 2 amide bonds. The number of carbonyl (C=O) groups is 2. The summed E-state index contributed by atoms with van der Waals surface area (Å²) in [5.74, 6) is -0.768. The van der Waals surface area contributed by atoms with Gasteiger partial charge in [-0.15, -0.1) is 0 Å². The molecule has 0 unspecified atom stereocenters. The molecule has 0 saturated heterocycles. The topological polar surface area (TPSA) is 70.2 Å². The zero-order chi connectivity index (χ0) is 25.4. The van der Waals surface area contributed by atoms with Crippen molar-refractivity contribution in [1.82, 2.24) is 16.0 Å². The quantitative estimate of drug-likeness (QED) is 0.478. The number of aryl methyl sites for hydroxylation is 1. The molecule has 2 aromatic rings. The molecule has 0 bridgehead atoms. The Morgan fingerprint density at radius 2 is 1.77 bits per heavy atom. The summed E-state index contributed by atoms with van der Waals surface area (Å²) < 4.78 is 38.7. The van der Waals surface area contributed by atoms with Crippen LogP contribution >= 0.6 is 0 Å². The summed E-state index contributed by atoms with van der Waals surface area (Å²) in [6.45, 7) is 3.96. The smallest absolute Gasteiger partial charge is 0.352 e. The third kappa shape index (κ3) is 8.38. The Balaban J connectivity index is 1.56. The molecule has 0 heterocycles. The van der Waals surface area contributed by atoms with Gasteiger partial charge in [-0.1, -0.05) is 50.2 Å². The highest BCUT2D eigenvalue weighted by Crippen LogP contribution is 2.30. The number of amides is 2. The Hall–Kier alpha value is -2.87. The third-order valence-electron chi connectivity index (χ3n) is 6.41. The Bertz CT molecular complexity index is 979. The maximum atomic E-state index is 12.9. The minimum absolute atomic E-state index is 0.0121. The van der Waals surface area contributed by atoms with Crippen LogP contribution in [0.3, 0.4) is 0 Å². The van der Waals surface area contributed by atoms with Gasteiger partial charge in [-0.3, -0.25) is 9.59 Å². The van der Waals surface area contributed by atoms with Gasteiger partial charge in [0.2, 0.25) is 5.91 Å². The van der Waals surface area contributed by atoms with Crippen molar-refractivity contribution < 1.29 is 22.8 Å². The van der Waals surface area contributed by atoms with Crippen molar-refractivity contribution in [2.24, 2.45) is 5.92 Å². The number of nitrogens with one attached hydrogen (secondary N) is 3. The van der Waals surface area contributed by atoms with E-state index in [2.05, 4.69) is 41.9 Å². The molecule has 0 spiro atoms. The van der Waals surface area contributed by atoms with Crippen molar-refractivity contribution in [1.29, 1.82) is 0 Å². The highest BCUT2D eigenvalue weighted by molar-refractivity contribution is 5.96. The van der Waals surface area contributed by atoms with E-state index in [-0.39, 0.29) is 30.0 Å². The predicted molar refractivity (Wildman–Crippen MR) is 130 cm³/mol. The Morgan fingerprint density at radius 3 is 2.46 bits per heavy atom. The molecule has 3 N–H and O–H groups in total. The Kier molecular flexibility index (Phi) is 9.32. The van der Waals surface area contributed by atoms with Crippen LogP contribution in [0.4, 0.5) is 13.2 Å². The van der Waals surface area contributed by atoms with Crippen LogP contribution in [-0.2, 0) is 17.4 Å². The first-order valence-corrected chi connectivity index (χ1v) is 12.2. The number of benzene rings is 2. The van der Waals surface area contributed by atoms with Crippen LogP contribution in [0.1, 0.15) is 61.0 Å². The van der Waals surface area contributed by atoms with E-state index in [0.717, 1.165) is 44.2 Å². The van der Waals surface area contributed by atoms with Crippen LogP contribution in [0.25, 0.3) is 0 Å². The predicted octanol–water partition coefficient (Wildman–Crippen LogP) is 4.72. The summed E-state index contributed by atoms with van der Waals surface area (Å²) in [7, 11) is 0. The van der Waals surface area contributed by atoms with Crippen molar-refractivity contribution in [3.8, 4) is 0 Å². The van der Waals surface area contributed by atoms with Gasteiger partial charge >= 0.3 is 6.18 Å². The fraction of sp³-hybridized carbons (Fsp3) is 0.481. The second-order valence-electron chi connectivity index (χ2n) is 9.55. The van der Waals surface area contributed by atoms with Gasteiger partial charge in [-0.05, 0) is 61.8 Å². The normalized spacial score (nSPS) is 20.5. The van der Waals surface area contributed by atoms with E-state index in [1.54, 1.807) is 0 Å². The van der Waals surface area contributed by atoms with E-state index in [9.17, 15) is 22.8 Å². The zero-order valence-electron chi connectivity index (χ0n) is 20.2. The molecule has 0 aliphatic heterocycles. The molecule has 1 aliphatic rings. The van der Waals surface area contributed by atoms with Crippen LogP contribution in [0.15, 0.2) is 54.6 Å². The largest absolute Gasteiger partial charge is 0.416 e. The summed E-state index contributed by atoms with van der Waals surface area (Å²) in [4.78, 5) is 25.0. The van der Waals surface area contributed by atoms with E-state index in [4.69, 9.17) is 0 Å². The van der Waals surface area contributed by atoms with Gasteiger partial charge in [0.05, 0.1) is 12.1 Å². The minimum atomic E-state index is -4.54. The zero-order valence-corrected chi connectivity index (χ0v) is 20.2. The number of carbonyl (C=O) groups excluding carboxylic acids is 2. The SMILES string of the molecule is CC(C)N[C@@H]1CC[C@H](NC(=O)CNC(=O)c2cccc(C(F)(F)F)c2)[C@H](CCc2ccccc2)C1. The first-order chi connectivity index (χ1) is 16.6. The average molecular weight is 490 g/mol. The lowest BCUT2D eigenvalue weighted by atomic mass is 9.78. The maximum absolute atomic E-state index is 12.9. The summed E-state index contributed by atoms with van der Waals surface area (Å²) in [6, 6.07) is 15.2. The van der Waals surface area contributed by atoms with Gasteiger partial charge in [0.25, 0.3) is 5.91 Å². The van der Waals surface area contributed by atoms with E-state index in [0.29, 0.717) is 12.1 Å². The number of alkyl halides is 3. The van der Waals surface area contributed by atoms with E-state index < -0.39 is 17.6 Å². The molecule has 0 aromatic heterocycles. The number of hydrogen-bond donors (Lipinski definition) is 3. The fourth-order valence-corrected chi connectivity index (χ4v) is 4.75. The molecular weight excluding hydrogens is 455 g/mol. The number of halogens is 3. The molecule has 0 radical (unpaired) electrons. The number of hydrogen-bond acceptors (Lipinski definition) is 3. The standard InChI is InChI=1S/C27H34F3N3O2/c1-18(2)32-23-13-14-24(20(16-23)12-11-19-7-4-3-5-8-19)33-25(34)17-31-26(35)21-9-6-10-22(15-21)27(28,29)30/h3-10,15,18,20,23-24,32H,11-14,16-17H2,1-2H3,(H,31,35)(H,33,34)/t20-,23-,24+/m1/s1. The molecule has 5 nitrogen and oxygen atoms in total. The highest BCUT2D eigenvalue weighted by Gasteiger charge is 2.32. The second-order valence-corrected chi connectivity index (χ2v) is 9.55. The summed E-state index contributed by atoms with van der Waals surface area (Å²) in [5.41, 5.74) is 0.223. The summed E-state index contributed by atoms with van der Waals surface area (Å²) in [5, 5.41) is 9.11. The third-order valence-corrected chi connectivity index (χ3v) is 6.41. The summed E-state index contributed by atoms with van der Waals surface area (Å²) in [6.07, 6.45) is 0.0390. The molecule has 35 heavy (non-hydrogen) atoms. The van der Waals surface area contributed by atoms with Gasteiger partial charge in [-0.25, -0.2) is 0 Å². The van der Waals surface area contributed by atoms with Crippen LogP contribution in [0.2, 0.25) is 0 Å². The Morgan fingerprint density at radius 1 is 1.03 bits per heavy atom. The molecule has 190 valence electrons. The monoisotopic (exact) mass is 489 g/mol. The molecule has 3 atom stereocenters. The van der Waals surface area contributed by atoms with Gasteiger partial charge in [0, 0.05) is 23.7 Å². The molecule has 8 heteroatoms. The summed E-state index contributed by atoms with van der Waals surface area (Å²) >= 11 is 0. The van der Waals surface area contributed by atoms with Gasteiger partial charge in [-0.2, -0.15) is 13.2 Å². The molecule has 1 fully saturated rings. The minimum Gasteiger partial charge on any atom is -0.352 e. The maximum Gasteiger partial charge on any atom is 0.416 e. The van der Waals surface area contributed by atoms with Crippen molar-refractivity contribution in [2.45, 2.75) is 70.3 Å². The van der Waals surface area contributed by atoms with Crippen molar-refractivity contribution in [3.05, 3.63) is 71.3 Å². The van der Waals surface area contributed by atoms with Gasteiger partial charge < -0.3 is 16.0 Å².